The van der Waals surface area contributed by atoms with E-state index >= 15 is 0 Å². The fourth-order valence-corrected chi connectivity index (χ4v) is 2.48. The van der Waals surface area contributed by atoms with Crippen molar-refractivity contribution in [2.45, 2.75) is 39.2 Å². The third kappa shape index (κ3) is 6.45. The van der Waals surface area contributed by atoms with Gasteiger partial charge < -0.3 is 21.1 Å². The van der Waals surface area contributed by atoms with E-state index < -0.39 is 11.9 Å². The Balaban J connectivity index is 1.90. The van der Waals surface area contributed by atoms with Crippen LogP contribution in [0.5, 0.6) is 0 Å². The highest BCUT2D eigenvalue weighted by Gasteiger charge is 2.23. The van der Waals surface area contributed by atoms with Gasteiger partial charge in [-0.25, -0.2) is 4.79 Å². The molecule has 3 amide bonds. The lowest BCUT2D eigenvalue weighted by Crippen LogP contribution is -2.34. The summed E-state index contributed by atoms with van der Waals surface area (Å²) in [5.74, 6) is -1.66. The van der Waals surface area contributed by atoms with Crippen LogP contribution >= 0.6 is 0 Å². The molecular formula is C18H25N3O4. The standard InChI is InChI=1S/C18H25N3O4/c1-11(2)8-13(17(23)24)10-19-16(22)12-4-3-5-15(9-12)21-18(25)20-14-6-7-14/h3-5,9,11,13-14H,6-8,10H2,1-2H3,(H,19,22)(H,23,24)(H2,20,21,25). The van der Waals surface area contributed by atoms with Gasteiger partial charge in [0.1, 0.15) is 0 Å². The fraction of sp³-hybridized carbons (Fsp3) is 0.500. The van der Waals surface area contributed by atoms with Crippen LogP contribution in [0, 0.1) is 11.8 Å². The lowest BCUT2D eigenvalue weighted by molar-refractivity contribution is -0.142. The molecule has 0 aromatic heterocycles. The maximum Gasteiger partial charge on any atom is 0.319 e. The molecule has 0 heterocycles. The molecule has 0 radical (unpaired) electrons. The molecule has 4 N–H and O–H groups in total. The smallest absolute Gasteiger partial charge is 0.319 e. The van der Waals surface area contributed by atoms with Crippen molar-refractivity contribution >= 4 is 23.6 Å². The zero-order chi connectivity index (χ0) is 18.4. The van der Waals surface area contributed by atoms with E-state index in [4.69, 9.17) is 0 Å². The largest absolute Gasteiger partial charge is 0.481 e. The summed E-state index contributed by atoms with van der Waals surface area (Å²) in [6.07, 6.45) is 2.49. The van der Waals surface area contributed by atoms with Crippen LogP contribution in [-0.4, -0.2) is 35.6 Å². The van der Waals surface area contributed by atoms with Gasteiger partial charge >= 0.3 is 12.0 Å². The first-order valence-corrected chi connectivity index (χ1v) is 8.53. The number of nitrogens with one attached hydrogen (secondary N) is 3. The van der Waals surface area contributed by atoms with Crippen LogP contribution in [0.4, 0.5) is 10.5 Å². The summed E-state index contributed by atoms with van der Waals surface area (Å²) in [5, 5.41) is 17.4. The van der Waals surface area contributed by atoms with Crippen LogP contribution in [0.15, 0.2) is 24.3 Å². The summed E-state index contributed by atoms with van der Waals surface area (Å²) in [7, 11) is 0. The van der Waals surface area contributed by atoms with Gasteiger partial charge in [0.05, 0.1) is 5.92 Å². The minimum atomic E-state index is -0.916. The van der Waals surface area contributed by atoms with Crippen molar-refractivity contribution < 1.29 is 19.5 Å². The van der Waals surface area contributed by atoms with Gasteiger partial charge in [0.25, 0.3) is 5.91 Å². The highest BCUT2D eigenvalue weighted by Crippen LogP contribution is 2.19. The van der Waals surface area contributed by atoms with E-state index in [-0.39, 0.29) is 30.4 Å². The molecule has 1 fully saturated rings. The lowest BCUT2D eigenvalue weighted by atomic mass is 9.97. The molecule has 1 aromatic carbocycles. The van der Waals surface area contributed by atoms with Gasteiger partial charge in [-0.15, -0.1) is 0 Å². The van der Waals surface area contributed by atoms with Crippen LogP contribution < -0.4 is 16.0 Å². The van der Waals surface area contributed by atoms with Crippen molar-refractivity contribution in [2.75, 3.05) is 11.9 Å². The van der Waals surface area contributed by atoms with Gasteiger partial charge in [-0.1, -0.05) is 19.9 Å². The Bertz CT molecular complexity index is 641. The quantitative estimate of drug-likeness (QED) is 0.579. The van der Waals surface area contributed by atoms with Gasteiger partial charge in [-0.3, -0.25) is 9.59 Å². The SMILES string of the molecule is CC(C)CC(CNC(=O)c1cccc(NC(=O)NC2CC2)c1)C(=O)O. The van der Waals surface area contributed by atoms with Crippen molar-refractivity contribution in [1.82, 2.24) is 10.6 Å². The molecule has 2 rings (SSSR count). The Labute approximate surface area is 147 Å². The van der Waals surface area contributed by atoms with Crippen LogP contribution in [0.25, 0.3) is 0 Å². The highest BCUT2D eigenvalue weighted by atomic mass is 16.4. The Morgan fingerprint density at radius 2 is 1.96 bits per heavy atom. The van der Waals surface area contributed by atoms with E-state index in [9.17, 15) is 19.5 Å². The predicted octanol–water partition coefficient (Wildman–Crippen LogP) is 2.45. The van der Waals surface area contributed by atoms with Gasteiger partial charge in [0, 0.05) is 23.8 Å². The summed E-state index contributed by atoms with van der Waals surface area (Å²) < 4.78 is 0. The Morgan fingerprint density at radius 1 is 1.24 bits per heavy atom. The number of urea groups is 1. The number of carbonyl (C=O) groups excluding carboxylic acids is 2. The number of hydrogen-bond donors (Lipinski definition) is 4. The highest BCUT2D eigenvalue weighted by molar-refractivity contribution is 5.97. The van der Waals surface area contributed by atoms with E-state index in [1.54, 1.807) is 24.3 Å². The summed E-state index contributed by atoms with van der Waals surface area (Å²) in [4.78, 5) is 35.2. The van der Waals surface area contributed by atoms with E-state index in [2.05, 4.69) is 16.0 Å². The summed E-state index contributed by atoms with van der Waals surface area (Å²) in [6.45, 7) is 3.96. The number of aliphatic carboxylic acids is 1. The molecule has 7 nitrogen and oxygen atoms in total. The maximum atomic E-state index is 12.3. The zero-order valence-electron chi connectivity index (χ0n) is 14.5. The van der Waals surface area contributed by atoms with Gasteiger partial charge in [-0.05, 0) is 43.4 Å². The van der Waals surface area contributed by atoms with Gasteiger partial charge in [0.2, 0.25) is 0 Å². The van der Waals surface area contributed by atoms with Crippen molar-refractivity contribution in [3.05, 3.63) is 29.8 Å². The number of carboxylic acid groups (broad SMARTS) is 1. The van der Waals surface area contributed by atoms with Crippen molar-refractivity contribution in [3.8, 4) is 0 Å². The molecule has 1 atom stereocenters. The molecule has 0 spiro atoms. The first-order chi connectivity index (χ1) is 11.8. The predicted molar refractivity (Wildman–Crippen MR) is 94.5 cm³/mol. The molecular weight excluding hydrogens is 322 g/mol. The molecule has 1 aromatic rings. The molecule has 1 aliphatic rings. The zero-order valence-corrected chi connectivity index (χ0v) is 14.5. The number of hydrogen-bond acceptors (Lipinski definition) is 3. The Kier molecular flexibility index (Phi) is 6.38. The topological polar surface area (TPSA) is 108 Å². The number of anilines is 1. The Hall–Kier alpha value is -2.57. The van der Waals surface area contributed by atoms with E-state index in [0.29, 0.717) is 17.7 Å². The number of benzene rings is 1. The molecule has 0 saturated heterocycles. The second kappa shape index (κ2) is 8.50. The molecule has 1 saturated carbocycles. The summed E-state index contributed by atoms with van der Waals surface area (Å²) in [6, 6.07) is 6.52. The molecule has 7 heteroatoms. The van der Waals surface area contributed by atoms with Crippen LogP contribution in [0.3, 0.4) is 0 Å². The van der Waals surface area contributed by atoms with E-state index in [0.717, 1.165) is 12.8 Å². The number of amides is 3. The third-order valence-corrected chi connectivity index (χ3v) is 3.91. The van der Waals surface area contributed by atoms with Crippen molar-refractivity contribution in [2.24, 2.45) is 11.8 Å². The average Bonchev–Trinajstić information content (AvgIpc) is 3.34. The number of carboxylic acids is 1. The summed E-state index contributed by atoms with van der Waals surface area (Å²) in [5.41, 5.74) is 0.890. The minimum Gasteiger partial charge on any atom is -0.481 e. The fourth-order valence-electron chi connectivity index (χ4n) is 2.48. The van der Waals surface area contributed by atoms with Crippen molar-refractivity contribution in [3.63, 3.8) is 0 Å². The lowest BCUT2D eigenvalue weighted by Gasteiger charge is -2.15. The maximum absolute atomic E-state index is 12.3. The van der Waals surface area contributed by atoms with Crippen LogP contribution in [-0.2, 0) is 4.79 Å². The van der Waals surface area contributed by atoms with Crippen molar-refractivity contribution in [1.29, 1.82) is 0 Å². The van der Waals surface area contributed by atoms with Crippen LogP contribution in [0.2, 0.25) is 0 Å². The first-order valence-electron chi connectivity index (χ1n) is 8.53. The number of carbonyl (C=O) groups is 3. The normalized spacial score (nSPS) is 14.7. The monoisotopic (exact) mass is 347 g/mol. The molecule has 25 heavy (non-hydrogen) atoms. The van der Waals surface area contributed by atoms with E-state index in [1.807, 2.05) is 13.8 Å². The summed E-state index contributed by atoms with van der Waals surface area (Å²) >= 11 is 0. The minimum absolute atomic E-state index is 0.0756. The van der Waals surface area contributed by atoms with Gasteiger partial charge in [0.15, 0.2) is 0 Å². The number of rotatable bonds is 8. The molecule has 1 unspecified atom stereocenters. The molecule has 136 valence electrons. The first kappa shape index (κ1) is 18.8. The second-order valence-corrected chi connectivity index (χ2v) is 6.83. The Morgan fingerprint density at radius 3 is 2.56 bits per heavy atom. The van der Waals surface area contributed by atoms with Gasteiger partial charge in [-0.2, -0.15) is 0 Å². The molecule has 0 bridgehead atoms. The molecule has 0 aliphatic heterocycles. The average molecular weight is 347 g/mol. The van der Waals surface area contributed by atoms with Crippen LogP contribution in [0.1, 0.15) is 43.5 Å². The third-order valence-electron chi connectivity index (χ3n) is 3.91. The van der Waals surface area contributed by atoms with E-state index in [1.165, 1.54) is 0 Å². The second-order valence-electron chi connectivity index (χ2n) is 6.83. The molecule has 1 aliphatic carbocycles.